The quantitative estimate of drug-likeness (QED) is 0.643. The summed E-state index contributed by atoms with van der Waals surface area (Å²) in [4.78, 5) is 51.6. The molecule has 1 saturated carbocycles. The molecule has 9 nitrogen and oxygen atoms in total. The average Bonchev–Trinajstić information content (AvgIpc) is 2.77. The lowest BCUT2D eigenvalue weighted by atomic mass is 9.95. The average molecular weight is 460 g/mol. The number of pyridine rings is 1. The highest BCUT2D eigenvalue weighted by atomic mass is 35.5. The number of carboxylic acid groups (broad SMARTS) is 1. The summed E-state index contributed by atoms with van der Waals surface area (Å²) in [6.07, 6.45) is 5.83. The van der Waals surface area contributed by atoms with Gasteiger partial charge in [-0.3, -0.25) is 19.3 Å². The molecule has 2 aliphatic rings. The maximum absolute atomic E-state index is 13.4. The van der Waals surface area contributed by atoms with Gasteiger partial charge in [-0.15, -0.1) is 0 Å². The molecule has 3 N–H and O–H groups in total. The maximum Gasteiger partial charge on any atom is 0.341 e. The van der Waals surface area contributed by atoms with Gasteiger partial charge in [-0.05, 0) is 37.1 Å². The van der Waals surface area contributed by atoms with E-state index in [1.807, 2.05) is 0 Å². The van der Waals surface area contributed by atoms with E-state index in [4.69, 9.17) is 11.6 Å². The molecule has 1 aliphatic heterocycles. The van der Waals surface area contributed by atoms with E-state index in [2.05, 4.69) is 5.32 Å². The highest BCUT2D eigenvalue weighted by Crippen LogP contribution is 2.30. The summed E-state index contributed by atoms with van der Waals surface area (Å²) in [7, 11) is 0. The van der Waals surface area contributed by atoms with Gasteiger partial charge in [0, 0.05) is 22.9 Å². The molecule has 0 saturated heterocycles. The predicted molar refractivity (Wildman–Crippen MR) is 116 cm³/mol. The zero-order valence-electron chi connectivity index (χ0n) is 17.1. The van der Waals surface area contributed by atoms with E-state index < -0.39 is 34.7 Å². The van der Waals surface area contributed by atoms with Gasteiger partial charge in [-0.1, -0.05) is 30.9 Å². The molecular weight excluding hydrogens is 438 g/mol. The number of fused-ring (bicyclic) bond motifs is 1. The number of halogens is 1. The van der Waals surface area contributed by atoms with Crippen molar-refractivity contribution in [2.75, 3.05) is 4.90 Å². The number of aromatic nitrogens is 1. The van der Waals surface area contributed by atoms with Crippen molar-refractivity contribution in [3.63, 3.8) is 0 Å². The van der Waals surface area contributed by atoms with Gasteiger partial charge in [0.15, 0.2) is 11.4 Å². The molecule has 0 unspecified atom stereocenters. The van der Waals surface area contributed by atoms with Crippen molar-refractivity contribution in [1.82, 2.24) is 9.88 Å². The molecule has 32 heavy (non-hydrogen) atoms. The highest BCUT2D eigenvalue weighted by molar-refractivity contribution is 6.30. The minimum absolute atomic E-state index is 0.00295. The van der Waals surface area contributed by atoms with Crippen LogP contribution in [0, 0.1) is 0 Å². The maximum atomic E-state index is 13.4. The summed E-state index contributed by atoms with van der Waals surface area (Å²) in [5, 5.41) is 23.1. The van der Waals surface area contributed by atoms with Gasteiger partial charge in [-0.25, -0.2) is 4.79 Å². The summed E-state index contributed by atoms with van der Waals surface area (Å²) in [5.41, 5.74) is -1.83. The van der Waals surface area contributed by atoms with Crippen LogP contribution in [0.1, 0.15) is 53.0 Å². The van der Waals surface area contributed by atoms with Gasteiger partial charge in [-0.2, -0.15) is 0 Å². The number of hydrogen-bond acceptors (Lipinski definition) is 5. The Morgan fingerprint density at radius 3 is 2.34 bits per heavy atom. The van der Waals surface area contributed by atoms with Crippen LogP contribution in [-0.4, -0.2) is 44.6 Å². The number of carbonyl (C=O) groups excluding carboxylic acids is 2. The van der Waals surface area contributed by atoms with E-state index in [1.54, 1.807) is 24.3 Å². The molecule has 2 heterocycles. The van der Waals surface area contributed by atoms with Gasteiger partial charge in [0.2, 0.25) is 11.3 Å². The van der Waals surface area contributed by atoms with E-state index in [0.29, 0.717) is 10.7 Å². The summed E-state index contributed by atoms with van der Waals surface area (Å²) in [6.45, 7) is -0.129. The SMILES string of the molecule is O=C(O)c1cn2c(c(O)c1=O)C(=O)N(c1ccc(Cl)cc1)[C@@H](C(=O)NC1CCCCC1)C2. The molecule has 4 rings (SSSR count). The second-order valence-electron chi connectivity index (χ2n) is 8.04. The fourth-order valence-corrected chi connectivity index (χ4v) is 4.46. The van der Waals surface area contributed by atoms with Gasteiger partial charge in [0.25, 0.3) is 5.91 Å². The Morgan fingerprint density at radius 2 is 1.72 bits per heavy atom. The molecule has 1 aromatic heterocycles. The van der Waals surface area contributed by atoms with E-state index >= 15 is 0 Å². The van der Waals surface area contributed by atoms with Crippen molar-refractivity contribution >= 4 is 35.1 Å². The summed E-state index contributed by atoms with van der Waals surface area (Å²) in [6, 6.07) is 5.25. The second kappa shape index (κ2) is 8.66. The van der Waals surface area contributed by atoms with Crippen molar-refractivity contribution < 1.29 is 24.6 Å². The monoisotopic (exact) mass is 459 g/mol. The number of nitrogens with zero attached hydrogens (tertiary/aromatic N) is 2. The molecule has 1 atom stereocenters. The molecule has 168 valence electrons. The van der Waals surface area contributed by atoms with E-state index in [1.165, 1.54) is 9.47 Å². The van der Waals surface area contributed by atoms with Gasteiger partial charge >= 0.3 is 5.97 Å². The normalized spacial score (nSPS) is 18.8. The minimum Gasteiger partial charge on any atom is -0.503 e. The predicted octanol–water partition coefficient (Wildman–Crippen LogP) is 2.38. The lowest BCUT2D eigenvalue weighted by Crippen LogP contribution is -2.57. The Hall–Kier alpha value is -3.33. The van der Waals surface area contributed by atoms with E-state index in [9.17, 15) is 29.4 Å². The zero-order valence-corrected chi connectivity index (χ0v) is 17.8. The van der Waals surface area contributed by atoms with Crippen LogP contribution in [0.4, 0.5) is 5.69 Å². The molecule has 10 heteroatoms. The topological polar surface area (TPSA) is 129 Å². The van der Waals surface area contributed by atoms with E-state index in [-0.39, 0.29) is 24.2 Å². The molecule has 1 aliphatic carbocycles. The lowest BCUT2D eigenvalue weighted by Gasteiger charge is -2.38. The first-order valence-corrected chi connectivity index (χ1v) is 10.7. The number of aromatic carboxylic acids is 1. The van der Waals surface area contributed by atoms with Crippen molar-refractivity contribution in [1.29, 1.82) is 0 Å². The Labute approximate surface area is 188 Å². The summed E-state index contributed by atoms with van der Waals surface area (Å²) < 4.78 is 1.17. The minimum atomic E-state index is -1.53. The smallest absolute Gasteiger partial charge is 0.341 e. The van der Waals surface area contributed by atoms with Crippen LogP contribution in [0.5, 0.6) is 5.75 Å². The third-order valence-electron chi connectivity index (χ3n) is 5.95. The molecule has 1 aromatic carbocycles. The fourth-order valence-electron chi connectivity index (χ4n) is 4.34. The number of carboxylic acids is 1. The summed E-state index contributed by atoms with van der Waals surface area (Å²) >= 11 is 5.97. The van der Waals surface area contributed by atoms with Crippen LogP contribution < -0.4 is 15.6 Å². The number of amides is 2. The van der Waals surface area contributed by atoms with Crippen LogP contribution in [0.25, 0.3) is 0 Å². The molecular formula is C22H22ClN3O6. The second-order valence-corrected chi connectivity index (χ2v) is 8.47. The van der Waals surface area contributed by atoms with Crippen LogP contribution in [0.15, 0.2) is 35.3 Å². The zero-order chi connectivity index (χ0) is 23.0. The van der Waals surface area contributed by atoms with Crippen LogP contribution in [0.3, 0.4) is 0 Å². The molecule has 0 spiro atoms. The standard InChI is InChI=1S/C22H22ClN3O6/c23-12-6-8-14(9-7-12)26-16(20(29)24-13-4-2-1-3-5-13)11-25-10-15(22(31)32)18(27)19(28)17(25)21(26)30/h6-10,13,16,28H,1-5,11H2,(H,24,29)(H,31,32)/t16-/m1/s1. The molecule has 2 amide bonds. The van der Waals surface area contributed by atoms with E-state index in [0.717, 1.165) is 38.3 Å². The Kier molecular flexibility index (Phi) is 5.92. The molecule has 0 radical (unpaired) electrons. The number of nitrogens with one attached hydrogen (secondary N) is 1. The Morgan fingerprint density at radius 1 is 1.06 bits per heavy atom. The van der Waals surface area contributed by atoms with Gasteiger partial charge < -0.3 is 20.1 Å². The summed E-state index contributed by atoms with van der Waals surface area (Å²) in [5.74, 6) is -3.66. The largest absolute Gasteiger partial charge is 0.503 e. The number of benzene rings is 1. The van der Waals surface area contributed by atoms with Crippen LogP contribution >= 0.6 is 11.6 Å². The third kappa shape index (κ3) is 3.95. The molecule has 2 aromatic rings. The van der Waals surface area contributed by atoms with Crippen LogP contribution in [-0.2, 0) is 11.3 Å². The number of aromatic hydroxyl groups is 1. The number of rotatable bonds is 4. The van der Waals surface area contributed by atoms with Crippen molar-refractivity contribution in [2.45, 2.75) is 50.7 Å². The first kappa shape index (κ1) is 21.9. The molecule has 1 fully saturated rings. The fraction of sp³-hybridized carbons (Fsp3) is 0.364. The van der Waals surface area contributed by atoms with Crippen molar-refractivity contribution in [3.8, 4) is 5.75 Å². The first-order valence-electron chi connectivity index (χ1n) is 10.4. The third-order valence-corrected chi connectivity index (χ3v) is 6.20. The number of carbonyl (C=O) groups is 3. The number of hydrogen-bond donors (Lipinski definition) is 3. The molecule has 0 bridgehead atoms. The van der Waals surface area contributed by atoms with Crippen molar-refractivity contribution in [2.24, 2.45) is 0 Å². The van der Waals surface area contributed by atoms with Gasteiger partial charge in [0.05, 0.1) is 6.54 Å². The first-order chi connectivity index (χ1) is 15.3. The Balaban J connectivity index is 1.79. The highest BCUT2D eigenvalue weighted by Gasteiger charge is 2.41. The van der Waals surface area contributed by atoms with Gasteiger partial charge in [0.1, 0.15) is 11.6 Å². The number of anilines is 1. The Bertz CT molecular complexity index is 1140. The lowest BCUT2D eigenvalue weighted by molar-refractivity contribution is -0.123. The van der Waals surface area contributed by atoms with Crippen LogP contribution in [0.2, 0.25) is 5.02 Å². The van der Waals surface area contributed by atoms with Crippen molar-refractivity contribution in [3.05, 3.63) is 57.0 Å².